The lowest BCUT2D eigenvalue weighted by Crippen LogP contribution is -2.08. The maximum absolute atomic E-state index is 12.2. The van der Waals surface area contributed by atoms with Crippen molar-refractivity contribution < 1.29 is 4.79 Å². The topological polar surface area (TPSA) is 22.0 Å². The maximum Gasteiger partial charge on any atom is 0.228 e. The molecule has 2 aromatic carbocycles. The van der Waals surface area contributed by atoms with Gasteiger partial charge in [0.1, 0.15) is 0 Å². The molecular formula is C18H17NO. The van der Waals surface area contributed by atoms with Crippen LogP contribution in [0.15, 0.2) is 48.5 Å². The number of aromatic nitrogens is 1. The summed E-state index contributed by atoms with van der Waals surface area (Å²) in [5, 5.41) is 1.15. The van der Waals surface area contributed by atoms with E-state index in [-0.39, 0.29) is 5.91 Å². The Balaban J connectivity index is 2.49. The quantitative estimate of drug-likeness (QED) is 0.629. The smallest absolute Gasteiger partial charge is 0.228 e. The van der Waals surface area contributed by atoms with E-state index in [1.165, 1.54) is 0 Å². The zero-order chi connectivity index (χ0) is 14.3. The van der Waals surface area contributed by atoms with Gasteiger partial charge in [0, 0.05) is 12.3 Å². The molecule has 3 rings (SSSR count). The number of rotatable bonds is 1. The molecule has 0 saturated heterocycles. The molecule has 0 spiro atoms. The van der Waals surface area contributed by atoms with E-state index in [4.69, 9.17) is 0 Å². The number of nitrogens with zero attached hydrogens (tertiary/aromatic N) is 1. The fraction of sp³-hybridized carbons (Fsp3) is 0.167. The number of carbonyl (C=O) groups excluding carboxylic acids is 1. The van der Waals surface area contributed by atoms with Gasteiger partial charge in [0.05, 0.1) is 11.2 Å². The van der Waals surface area contributed by atoms with Gasteiger partial charge in [-0.05, 0) is 30.5 Å². The standard InChI is InChI=1S/C18H17NO/c1-12-8-7-11-16-13(2)18(15-9-5-4-6-10-15)19(14(3)20)17(12)16/h4-11H,1-3H3. The fourth-order valence-corrected chi connectivity index (χ4v) is 2.92. The van der Waals surface area contributed by atoms with Crippen molar-refractivity contribution in [1.82, 2.24) is 4.57 Å². The van der Waals surface area contributed by atoms with Crippen LogP contribution in [0.5, 0.6) is 0 Å². The summed E-state index contributed by atoms with van der Waals surface area (Å²) in [6.07, 6.45) is 0. The predicted molar refractivity (Wildman–Crippen MR) is 83.1 cm³/mol. The van der Waals surface area contributed by atoms with E-state index >= 15 is 0 Å². The third kappa shape index (κ3) is 1.76. The minimum atomic E-state index is 0.0521. The highest BCUT2D eigenvalue weighted by atomic mass is 16.1. The van der Waals surface area contributed by atoms with Crippen molar-refractivity contribution in [2.45, 2.75) is 20.8 Å². The van der Waals surface area contributed by atoms with E-state index in [0.29, 0.717) is 0 Å². The number of hydrogen-bond acceptors (Lipinski definition) is 1. The molecule has 0 bridgehead atoms. The summed E-state index contributed by atoms with van der Waals surface area (Å²) in [5.74, 6) is 0.0521. The molecular weight excluding hydrogens is 246 g/mol. The second-order valence-corrected chi connectivity index (χ2v) is 5.17. The number of carbonyl (C=O) groups is 1. The zero-order valence-corrected chi connectivity index (χ0v) is 12.0. The van der Waals surface area contributed by atoms with E-state index in [2.05, 4.69) is 38.1 Å². The first-order chi connectivity index (χ1) is 9.61. The molecule has 0 atom stereocenters. The third-order valence-corrected chi connectivity index (χ3v) is 3.81. The van der Waals surface area contributed by atoms with Crippen molar-refractivity contribution in [3.8, 4) is 11.3 Å². The second kappa shape index (κ2) is 4.64. The number of fused-ring (bicyclic) bond motifs is 1. The van der Waals surface area contributed by atoms with E-state index in [0.717, 1.165) is 33.3 Å². The highest BCUT2D eigenvalue weighted by Gasteiger charge is 2.18. The minimum Gasteiger partial charge on any atom is -0.280 e. The highest BCUT2D eigenvalue weighted by molar-refractivity contribution is 6.01. The van der Waals surface area contributed by atoms with Crippen LogP contribution in [0.4, 0.5) is 0 Å². The molecule has 1 heterocycles. The first kappa shape index (κ1) is 12.7. The van der Waals surface area contributed by atoms with Crippen molar-refractivity contribution in [2.75, 3.05) is 0 Å². The SMILES string of the molecule is CC(=O)n1c(-c2ccccc2)c(C)c2cccc(C)c21. The van der Waals surface area contributed by atoms with E-state index in [1.54, 1.807) is 6.92 Å². The lowest BCUT2D eigenvalue weighted by molar-refractivity contribution is 0.0943. The molecule has 0 amide bonds. The summed E-state index contributed by atoms with van der Waals surface area (Å²) in [7, 11) is 0. The molecule has 0 fully saturated rings. The lowest BCUT2D eigenvalue weighted by atomic mass is 10.1. The van der Waals surface area contributed by atoms with Gasteiger partial charge in [0.15, 0.2) is 0 Å². The second-order valence-electron chi connectivity index (χ2n) is 5.17. The molecule has 0 aliphatic carbocycles. The molecule has 0 aliphatic heterocycles. The number of aryl methyl sites for hydroxylation is 2. The Hall–Kier alpha value is -2.35. The fourth-order valence-electron chi connectivity index (χ4n) is 2.92. The molecule has 100 valence electrons. The van der Waals surface area contributed by atoms with Crippen molar-refractivity contribution >= 4 is 16.8 Å². The van der Waals surface area contributed by atoms with Gasteiger partial charge in [-0.1, -0.05) is 48.5 Å². The minimum absolute atomic E-state index is 0.0521. The van der Waals surface area contributed by atoms with Crippen LogP contribution >= 0.6 is 0 Å². The Bertz CT molecular complexity index is 797. The molecule has 0 N–H and O–H groups in total. The molecule has 2 heteroatoms. The third-order valence-electron chi connectivity index (χ3n) is 3.81. The van der Waals surface area contributed by atoms with Gasteiger partial charge in [-0.2, -0.15) is 0 Å². The summed E-state index contributed by atoms with van der Waals surface area (Å²) in [6.45, 7) is 5.76. The van der Waals surface area contributed by atoms with Crippen molar-refractivity contribution in [3.05, 3.63) is 59.7 Å². The van der Waals surface area contributed by atoms with Crippen LogP contribution < -0.4 is 0 Å². The summed E-state index contributed by atoms with van der Waals surface area (Å²) in [5.41, 5.74) is 5.39. The molecule has 0 unspecified atom stereocenters. The van der Waals surface area contributed by atoms with Gasteiger partial charge < -0.3 is 0 Å². The molecule has 20 heavy (non-hydrogen) atoms. The van der Waals surface area contributed by atoms with Gasteiger partial charge in [-0.25, -0.2) is 0 Å². The largest absolute Gasteiger partial charge is 0.280 e. The Morgan fingerprint density at radius 1 is 0.950 bits per heavy atom. The van der Waals surface area contributed by atoms with Crippen LogP contribution in [0.2, 0.25) is 0 Å². The van der Waals surface area contributed by atoms with E-state index < -0.39 is 0 Å². The summed E-state index contributed by atoms with van der Waals surface area (Å²) < 4.78 is 1.84. The Morgan fingerprint density at radius 3 is 2.30 bits per heavy atom. The normalized spacial score (nSPS) is 10.9. The monoisotopic (exact) mass is 263 g/mol. The molecule has 1 aromatic heterocycles. The van der Waals surface area contributed by atoms with Crippen molar-refractivity contribution in [3.63, 3.8) is 0 Å². The number of benzene rings is 2. The van der Waals surface area contributed by atoms with Crippen LogP contribution in [0.1, 0.15) is 22.8 Å². The first-order valence-corrected chi connectivity index (χ1v) is 6.78. The van der Waals surface area contributed by atoms with Crippen LogP contribution in [0.25, 0.3) is 22.2 Å². The van der Waals surface area contributed by atoms with Crippen LogP contribution in [0, 0.1) is 13.8 Å². The first-order valence-electron chi connectivity index (χ1n) is 6.78. The Kier molecular flexibility index (Phi) is 2.94. The van der Waals surface area contributed by atoms with Gasteiger partial charge >= 0.3 is 0 Å². The molecule has 2 nitrogen and oxygen atoms in total. The number of hydrogen-bond donors (Lipinski definition) is 0. The number of para-hydroxylation sites is 1. The van der Waals surface area contributed by atoms with E-state index in [1.807, 2.05) is 28.8 Å². The van der Waals surface area contributed by atoms with Crippen LogP contribution in [-0.2, 0) is 0 Å². The Labute approximate surface area is 118 Å². The Morgan fingerprint density at radius 2 is 1.65 bits per heavy atom. The van der Waals surface area contributed by atoms with Gasteiger partial charge in [0.25, 0.3) is 0 Å². The summed E-state index contributed by atoms with van der Waals surface area (Å²) in [6, 6.07) is 16.3. The summed E-state index contributed by atoms with van der Waals surface area (Å²) >= 11 is 0. The van der Waals surface area contributed by atoms with Gasteiger partial charge in [0.2, 0.25) is 5.91 Å². The molecule has 3 aromatic rings. The predicted octanol–water partition coefficient (Wildman–Crippen LogP) is 4.59. The lowest BCUT2D eigenvalue weighted by Gasteiger charge is -2.09. The van der Waals surface area contributed by atoms with Crippen LogP contribution in [0.3, 0.4) is 0 Å². The summed E-state index contributed by atoms with van der Waals surface area (Å²) in [4.78, 5) is 12.2. The molecule has 0 saturated carbocycles. The average molecular weight is 263 g/mol. The zero-order valence-electron chi connectivity index (χ0n) is 12.0. The van der Waals surface area contributed by atoms with Crippen LogP contribution in [-0.4, -0.2) is 10.5 Å². The van der Waals surface area contributed by atoms with Crippen molar-refractivity contribution in [1.29, 1.82) is 0 Å². The van der Waals surface area contributed by atoms with Gasteiger partial charge in [-0.15, -0.1) is 0 Å². The van der Waals surface area contributed by atoms with Crippen molar-refractivity contribution in [2.24, 2.45) is 0 Å². The maximum atomic E-state index is 12.2. The van der Waals surface area contributed by atoms with E-state index in [9.17, 15) is 4.79 Å². The average Bonchev–Trinajstić information content (AvgIpc) is 2.75. The van der Waals surface area contributed by atoms with Gasteiger partial charge in [-0.3, -0.25) is 9.36 Å². The highest BCUT2D eigenvalue weighted by Crippen LogP contribution is 2.34. The molecule has 0 radical (unpaired) electrons. The molecule has 0 aliphatic rings.